The maximum absolute atomic E-state index is 11.3. The standard InChI is InChI=1S/C22H19N5O6S/c1-32-21-11-16(13-24-25-22(23)34-14-15-5-3-2-4-6-15)7-9-20(21)33-19-10-8-17(26(28)29)12-18(19)27(30)31/h2-13H,14H2,1H3,(H2,23,25). The Morgan fingerprint density at radius 2 is 1.74 bits per heavy atom. The Bertz CT molecular complexity index is 1250. The molecule has 0 unspecified atom stereocenters. The van der Waals surface area contributed by atoms with E-state index in [1.807, 2.05) is 30.3 Å². The van der Waals surface area contributed by atoms with E-state index in [-0.39, 0.29) is 17.2 Å². The highest BCUT2D eigenvalue weighted by Gasteiger charge is 2.22. The minimum Gasteiger partial charge on any atom is -0.493 e. The van der Waals surface area contributed by atoms with Gasteiger partial charge >= 0.3 is 5.69 Å². The van der Waals surface area contributed by atoms with E-state index < -0.39 is 21.2 Å². The fourth-order valence-corrected chi connectivity index (χ4v) is 3.34. The van der Waals surface area contributed by atoms with Crippen molar-refractivity contribution in [3.63, 3.8) is 0 Å². The molecule has 0 aliphatic rings. The quantitative estimate of drug-likeness (QED) is 0.196. The van der Waals surface area contributed by atoms with Crippen LogP contribution in [0.3, 0.4) is 0 Å². The Balaban J connectivity index is 1.72. The molecule has 0 heterocycles. The van der Waals surface area contributed by atoms with Gasteiger partial charge in [0.25, 0.3) is 5.69 Å². The lowest BCUT2D eigenvalue weighted by Crippen LogP contribution is -2.06. The molecule has 0 spiro atoms. The fraction of sp³-hybridized carbons (Fsp3) is 0.0909. The summed E-state index contributed by atoms with van der Waals surface area (Å²) in [7, 11) is 1.41. The lowest BCUT2D eigenvalue weighted by atomic mass is 10.2. The van der Waals surface area contributed by atoms with E-state index in [4.69, 9.17) is 15.2 Å². The number of nitrogens with zero attached hydrogens (tertiary/aromatic N) is 4. The monoisotopic (exact) mass is 481 g/mol. The van der Waals surface area contributed by atoms with Crippen LogP contribution in [0.1, 0.15) is 11.1 Å². The Hall–Kier alpha value is -4.45. The van der Waals surface area contributed by atoms with E-state index in [1.54, 1.807) is 12.1 Å². The van der Waals surface area contributed by atoms with E-state index in [0.717, 1.165) is 23.8 Å². The van der Waals surface area contributed by atoms with Gasteiger partial charge in [-0.3, -0.25) is 20.2 Å². The first-order valence-corrected chi connectivity index (χ1v) is 10.7. The third-order valence-electron chi connectivity index (χ3n) is 4.35. The van der Waals surface area contributed by atoms with Gasteiger partial charge in [-0.05, 0) is 35.4 Å². The van der Waals surface area contributed by atoms with Gasteiger partial charge in [0.15, 0.2) is 16.7 Å². The molecular weight excluding hydrogens is 462 g/mol. The van der Waals surface area contributed by atoms with Gasteiger partial charge in [0.05, 0.1) is 29.2 Å². The van der Waals surface area contributed by atoms with Crippen LogP contribution in [0.2, 0.25) is 0 Å². The van der Waals surface area contributed by atoms with Crippen LogP contribution >= 0.6 is 11.8 Å². The highest BCUT2D eigenvalue weighted by molar-refractivity contribution is 8.13. The number of thioether (sulfide) groups is 1. The topological polar surface area (TPSA) is 155 Å². The van der Waals surface area contributed by atoms with Crippen molar-refractivity contribution in [3.05, 3.63) is 98.1 Å². The van der Waals surface area contributed by atoms with Crippen LogP contribution in [0.5, 0.6) is 17.2 Å². The Morgan fingerprint density at radius 1 is 1.00 bits per heavy atom. The molecule has 34 heavy (non-hydrogen) atoms. The molecule has 3 rings (SSSR count). The number of rotatable bonds is 9. The highest BCUT2D eigenvalue weighted by Crippen LogP contribution is 2.38. The van der Waals surface area contributed by atoms with Crippen molar-refractivity contribution in [2.24, 2.45) is 15.9 Å². The first-order valence-electron chi connectivity index (χ1n) is 9.69. The summed E-state index contributed by atoms with van der Waals surface area (Å²) in [5.74, 6) is 0.952. The van der Waals surface area contributed by atoms with Crippen molar-refractivity contribution >= 4 is 34.5 Å². The van der Waals surface area contributed by atoms with Crippen molar-refractivity contribution in [1.82, 2.24) is 0 Å². The molecule has 0 aliphatic heterocycles. The van der Waals surface area contributed by atoms with Crippen LogP contribution in [0.4, 0.5) is 11.4 Å². The zero-order chi connectivity index (χ0) is 24.5. The van der Waals surface area contributed by atoms with Gasteiger partial charge in [0, 0.05) is 11.8 Å². The zero-order valence-corrected chi connectivity index (χ0v) is 18.7. The number of nitro groups is 2. The predicted octanol–water partition coefficient (Wildman–Crippen LogP) is 4.89. The first-order chi connectivity index (χ1) is 16.4. The number of methoxy groups -OCH3 is 1. The molecule has 0 radical (unpaired) electrons. The maximum atomic E-state index is 11.3. The minimum atomic E-state index is -0.756. The highest BCUT2D eigenvalue weighted by atomic mass is 32.2. The summed E-state index contributed by atoms with van der Waals surface area (Å²) in [6.45, 7) is 0. The third-order valence-corrected chi connectivity index (χ3v) is 5.21. The average Bonchev–Trinajstić information content (AvgIpc) is 2.84. The summed E-state index contributed by atoms with van der Waals surface area (Å²) < 4.78 is 10.9. The molecule has 0 atom stereocenters. The predicted molar refractivity (Wildman–Crippen MR) is 130 cm³/mol. The van der Waals surface area contributed by atoms with Crippen molar-refractivity contribution in [2.45, 2.75) is 5.75 Å². The molecule has 0 saturated heterocycles. The zero-order valence-electron chi connectivity index (χ0n) is 17.9. The van der Waals surface area contributed by atoms with E-state index in [1.165, 1.54) is 31.2 Å². The molecule has 3 aromatic rings. The van der Waals surface area contributed by atoms with Crippen molar-refractivity contribution < 1.29 is 19.3 Å². The van der Waals surface area contributed by atoms with E-state index in [0.29, 0.717) is 16.5 Å². The summed E-state index contributed by atoms with van der Waals surface area (Å²) in [6.07, 6.45) is 1.47. The van der Waals surface area contributed by atoms with Gasteiger partial charge in [0.1, 0.15) is 0 Å². The SMILES string of the molecule is COc1cc(C=NN=C(N)SCc2ccccc2)ccc1Oc1ccc([N+](=O)[O-])cc1[N+](=O)[O-]. The van der Waals surface area contributed by atoms with E-state index in [9.17, 15) is 20.2 Å². The molecule has 0 aromatic heterocycles. The molecule has 2 N–H and O–H groups in total. The second-order valence-electron chi connectivity index (χ2n) is 6.64. The summed E-state index contributed by atoms with van der Waals surface area (Å²) >= 11 is 1.35. The van der Waals surface area contributed by atoms with Gasteiger partial charge in [0.2, 0.25) is 5.75 Å². The van der Waals surface area contributed by atoms with Crippen LogP contribution < -0.4 is 15.2 Å². The molecule has 0 saturated carbocycles. The number of nitrogens with two attached hydrogens (primary N) is 1. The van der Waals surface area contributed by atoms with E-state index in [2.05, 4.69) is 10.2 Å². The normalized spacial score (nSPS) is 11.4. The number of nitro benzene ring substituents is 2. The number of amidine groups is 1. The second-order valence-corrected chi connectivity index (χ2v) is 7.63. The summed E-state index contributed by atoms with van der Waals surface area (Å²) in [5, 5.41) is 30.5. The number of non-ortho nitro benzene ring substituents is 1. The van der Waals surface area contributed by atoms with Gasteiger partial charge in [-0.2, -0.15) is 5.10 Å². The molecule has 0 fully saturated rings. The molecule has 3 aromatic carbocycles. The van der Waals surface area contributed by atoms with Gasteiger partial charge in [-0.25, -0.2) is 0 Å². The average molecular weight is 481 g/mol. The lowest BCUT2D eigenvalue weighted by Gasteiger charge is -2.11. The molecular formula is C22H19N5O6S. The Labute approximate surface area is 198 Å². The van der Waals surface area contributed by atoms with Crippen LogP contribution in [-0.4, -0.2) is 28.3 Å². The molecule has 12 heteroatoms. The van der Waals surface area contributed by atoms with Crippen LogP contribution in [0.25, 0.3) is 0 Å². The molecule has 0 bridgehead atoms. The largest absolute Gasteiger partial charge is 0.493 e. The number of hydrogen-bond donors (Lipinski definition) is 1. The van der Waals surface area contributed by atoms with Crippen molar-refractivity contribution in [2.75, 3.05) is 7.11 Å². The van der Waals surface area contributed by atoms with E-state index >= 15 is 0 Å². The summed E-state index contributed by atoms with van der Waals surface area (Å²) in [5.41, 5.74) is 6.65. The maximum Gasteiger partial charge on any atom is 0.318 e. The Kier molecular flexibility index (Phi) is 8.13. The van der Waals surface area contributed by atoms with Gasteiger partial charge < -0.3 is 15.2 Å². The van der Waals surface area contributed by atoms with Crippen LogP contribution in [0.15, 0.2) is 76.9 Å². The molecule has 0 amide bonds. The number of benzene rings is 3. The van der Waals surface area contributed by atoms with Crippen LogP contribution in [0, 0.1) is 20.2 Å². The number of ether oxygens (including phenoxy) is 2. The van der Waals surface area contributed by atoms with Crippen molar-refractivity contribution in [1.29, 1.82) is 0 Å². The summed E-state index contributed by atoms with van der Waals surface area (Å²) in [4.78, 5) is 20.8. The van der Waals surface area contributed by atoms with Crippen LogP contribution in [-0.2, 0) is 5.75 Å². The Morgan fingerprint density at radius 3 is 2.41 bits per heavy atom. The smallest absolute Gasteiger partial charge is 0.318 e. The first kappa shape index (κ1) is 24.2. The summed E-state index contributed by atoms with van der Waals surface area (Å²) in [6, 6.07) is 17.7. The molecule has 11 nitrogen and oxygen atoms in total. The third kappa shape index (κ3) is 6.53. The van der Waals surface area contributed by atoms with Crippen molar-refractivity contribution in [3.8, 4) is 17.2 Å². The second kappa shape index (κ2) is 11.4. The molecule has 174 valence electrons. The number of hydrogen-bond acceptors (Lipinski definition) is 9. The van der Waals surface area contributed by atoms with Gasteiger partial charge in [-0.15, -0.1) is 5.10 Å². The lowest BCUT2D eigenvalue weighted by molar-refractivity contribution is -0.394. The fourth-order valence-electron chi connectivity index (χ4n) is 2.73. The minimum absolute atomic E-state index is 0.164. The molecule has 0 aliphatic carbocycles. The van der Waals surface area contributed by atoms with Gasteiger partial charge in [-0.1, -0.05) is 42.1 Å².